The standard InChI is InChI=1S/C22H18FN5O3S/c23-18-6-8-19(9-7-18)27-32(30,31)21-3-1-2-17(12-21)22(29)25-13-16-4-10-20(11-5-16)28-15-24-14-26-28/h1-12,14-15,27H,13H2,(H,25,29). The van der Waals surface area contributed by atoms with Gasteiger partial charge in [-0.05, 0) is 60.2 Å². The van der Waals surface area contributed by atoms with Gasteiger partial charge < -0.3 is 5.32 Å². The molecular formula is C22H18FN5O3S. The Hall–Kier alpha value is -4.05. The fourth-order valence-corrected chi connectivity index (χ4v) is 4.03. The zero-order valence-corrected chi connectivity index (χ0v) is 17.5. The molecule has 162 valence electrons. The van der Waals surface area contributed by atoms with Gasteiger partial charge in [-0.25, -0.2) is 22.5 Å². The first-order chi connectivity index (χ1) is 15.4. The number of carbonyl (C=O) groups is 1. The molecule has 0 aliphatic carbocycles. The van der Waals surface area contributed by atoms with Gasteiger partial charge in [-0.2, -0.15) is 5.10 Å². The average Bonchev–Trinajstić information content (AvgIpc) is 3.34. The number of carbonyl (C=O) groups excluding carboxylic acids is 1. The minimum Gasteiger partial charge on any atom is -0.348 e. The number of nitrogens with one attached hydrogen (secondary N) is 2. The van der Waals surface area contributed by atoms with Crippen molar-refractivity contribution in [3.05, 3.63) is 102 Å². The number of hydrogen-bond acceptors (Lipinski definition) is 5. The van der Waals surface area contributed by atoms with Gasteiger partial charge in [0.05, 0.1) is 10.6 Å². The Kier molecular flexibility index (Phi) is 5.95. The molecule has 1 heterocycles. The second kappa shape index (κ2) is 8.98. The van der Waals surface area contributed by atoms with Crippen LogP contribution in [0, 0.1) is 5.82 Å². The van der Waals surface area contributed by atoms with Crippen molar-refractivity contribution in [3.8, 4) is 5.69 Å². The Morgan fingerprint density at radius 1 is 1.00 bits per heavy atom. The Balaban J connectivity index is 1.42. The van der Waals surface area contributed by atoms with Gasteiger partial charge in [0.15, 0.2) is 0 Å². The highest BCUT2D eigenvalue weighted by atomic mass is 32.2. The van der Waals surface area contributed by atoms with Crippen molar-refractivity contribution in [2.75, 3.05) is 4.72 Å². The minimum absolute atomic E-state index is 0.0772. The monoisotopic (exact) mass is 451 g/mol. The molecule has 0 spiro atoms. The zero-order valence-electron chi connectivity index (χ0n) is 16.6. The van der Waals surface area contributed by atoms with Crippen LogP contribution in [-0.2, 0) is 16.6 Å². The third-order valence-electron chi connectivity index (χ3n) is 4.58. The number of benzene rings is 3. The van der Waals surface area contributed by atoms with Crippen LogP contribution in [-0.4, -0.2) is 29.1 Å². The van der Waals surface area contributed by atoms with E-state index in [0.29, 0.717) is 0 Å². The van der Waals surface area contributed by atoms with Crippen molar-refractivity contribution in [1.29, 1.82) is 0 Å². The van der Waals surface area contributed by atoms with Gasteiger partial charge in [0.1, 0.15) is 18.5 Å². The maximum Gasteiger partial charge on any atom is 0.261 e. The molecule has 0 radical (unpaired) electrons. The van der Waals surface area contributed by atoms with E-state index in [9.17, 15) is 17.6 Å². The zero-order chi connectivity index (χ0) is 22.6. The fraction of sp³-hybridized carbons (Fsp3) is 0.0455. The number of sulfonamides is 1. The maximum atomic E-state index is 13.0. The lowest BCUT2D eigenvalue weighted by Gasteiger charge is -2.10. The highest BCUT2D eigenvalue weighted by Crippen LogP contribution is 2.18. The maximum absolute atomic E-state index is 13.0. The Labute approximate surface area is 183 Å². The summed E-state index contributed by atoms with van der Waals surface area (Å²) in [6, 6.07) is 18.0. The lowest BCUT2D eigenvalue weighted by molar-refractivity contribution is 0.0950. The van der Waals surface area contributed by atoms with Crippen LogP contribution in [0.1, 0.15) is 15.9 Å². The normalized spacial score (nSPS) is 11.2. The molecule has 2 N–H and O–H groups in total. The largest absolute Gasteiger partial charge is 0.348 e. The average molecular weight is 451 g/mol. The smallest absolute Gasteiger partial charge is 0.261 e. The van der Waals surface area contributed by atoms with Crippen LogP contribution in [0.25, 0.3) is 5.69 Å². The Bertz CT molecular complexity index is 1320. The molecule has 0 saturated heterocycles. The highest BCUT2D eigenvalue weighted by molar-refractivity contribution is 7.92. The molecule has 4 aromatic rings. The molecule has 0 atom stereocenters. The summed E-state index contributed by atoms with van der Waals surface area (Å²) in [4.78, 5) is 16.4. The van der Waals surface area contributed by atoms with Crippen molar-refractivity contribution in [1.82, 2.24) is 20.1 Å². The van der Waals surface area contributed by atoms with Gasteiger partial charge in [0.2, 0.25) is 0 Å². The number of hydrogen-bond donors (Lipinski definition) is 2. The third-order valence-corrected chi connectivity index (χ3v) is 5.95. The minimum atomic E-state index is -3.94. The van der Waals surface area contributed by atoms with E-state index >= 15 is 0 Å². The SMILES string of the molecule is O=C(NCc1ccc(-n2cncn2)cc1)c1cccc(S(=O)(=O)Nc2ccc(F)cc2)c1. The summed E-state index contributed by atoms with van der Waals surface area (Å²) in [5.41, 5.74) is 2.12. The van der Waals surface area contributed by atoms with Gasteiger partial charge in [0, 0.05) is 17.8 Å². The van der Waals surface area contributed by atoms with E-state index in [1.165, 1.54) is 42.7 Å². The number of aromatic nitrogens is 3. The van der Waals surface area contributed by atoms with E-state index in [-0.39, 0.29) is 22.7 Å². The molecule has 10 heteroatoms. The van der Waals surface area contributed by atoms with Crippen LogP contribution in [0.5, 0.6) is 0 Å². The molecular weight excluding hydrogens is 433 g/mol. The van der Waals surface area contributed by atoms with Gasteiger partial charge in [-0.3, -0.25) is 9.52 Å². The molecule has 4 rings (SSSR count). The number of anilines is 1. The number of amides is 1. The van der Waals surface area contributed by atoms with Gasteiger partial charge >= 0.3 is 0 Å². The molecule has 0 aliphatic rings. The van der Waals surface area contributed by atoms with Gasteiger partial charge in [0.25, 0.3) is 15.9 Å². The number of rotatable bonds is 7. The van der Waals surface area contributed by atoms with E-state index in [0.717, 1.165) is 23.4 Å². The Morgan fingerprint density at radius 3 is 2.44 bits per heavy atom. The molecule has 3 aromatic carbocycles. The van der Waals surface area contributed by atoms with Crippen molar-refractivity contribution >= 4 is 21.6 Å². The summed E-state index contributed by atoms with van der Waals surface area (Å²) in [5, 5.41) is 6.83. The third kappa shape index (κ3) is 4.98. The quantitative estimate of drug-likeness (QED) is 0.449. The summed E-state index contributed by atoms with van der Waals surface area (Å²) >= 11 is 0. The van der Waals surface area contributed by atoms with Crippen LogP contribution in [0.3, 0.4) is 0 Å². The van der Waals surface area contributed by atoms with Gasteiger partial charge in [-0.15, -0.1) is 0 Å². The fourth-order valence-electron chi connectivity index (χ4n) is 2.93. The van der Waals surface area contributed by atoms with Crippen molar-refractivity contribution < 1.29 is 17.6 Å². The van der Waals surface area contributed by atoms with Crippen LogP contribution in [0.4, 0.5) is 10.1 Å². The summed E-state index contributed by atoms with van der Waals surface area (Å²) in [6.07, 6.45) is 3.03. The van der Waals surface area contributed by atoms with E-state index in [1.807, 2.05) is 24.3 Å². The molecule has 0 saturated carbocycles. The van der Waals surface area contributed by atoms with Crippen LogP contribution >= 0.6 is 0 Å². The molecule has 0 aliphatic heterocycles. The molecule has 1 aromatic heterocycles. The van der Waals surface area contributed by atoms with Crippen molar-refractivity contribution in [3.63, 3.8) is 0 Å². The summed E-state index contributed by atoms with van der Waals surface area (Å²) in [5.74, 6) is -0.885. The predicted molar refractivity (Wildman–Crippen MR) is 116 cm³/mol. The van der Waals surface area contributed by atoms with Crippen LogP contribution in [0.2, 0.25) is 0 Å². The molecule has 1 amide bonds. The molecule has 32 heavy (non-hydrogen) atoms. The summed E-state index contributed by atoms with van der Waals surface area (Å²) in [7, 11) is -3.94. The van der Waals surface area contributed by atoms with Crippen LogP contribution in [0.15, 0.2) is 90.3 Å². The van der Waals surface area contributed by atoms with E-state index < -0.39 is 21.7 Å². The number of halogens is 1. The summed E-state index contributed by atoms with van der Waals surface area (Å²) in [6.45, 7) is 0.265. The first-order valence-electron chi connectivity index (χ1n) is 9.51. The van der Waals surface area contributed by atoms with Gasteiger partial charge in [-0.1, -0.05) is 18.2 Å². The van der Waals surface area contributed by atoms with E-state index in [1.54, 1.807) is 11.0 Å². The Morgan fingerprint density at radius 2 is 1.75 bits per heavy atom. The topological polar surface area (TPSA) is 106 Å². The first kappa shape index (κ1) is 21.2. The highest BCUT2D eigenvalue weighted by Gasteiger charge is 2.16. The molecule has 0 fully saturated rings. The predicted octanol–water partition coefficient (Wildman–Crippen LogP) is 3.14. The van der Waals surface area contributed by atoms with Crippen LogP contribution < -0.4 is 10.0 Å². The molecule has 0 bridgehead atoms. The van der Waals surface area contributed by atoms with Crippen molar-refractivity contribution in [2.24, 2.45) is 0 Å². The summed E-state index contributed by atoms with van der Waals surface area (Å²) < 4.78 is 42.3. The first-order valence-corrected chi connectivity index (χ1v) is 11.0. The second-order valence-corrected chi connectivity index (χ2v) is 8.51. The van der Waals surface area contributed by atoms with E-state index in [4.69, 9.17) is 0 Å². The second-order valence-electron chi connectivity index (χ2n) is 6.83. The van der Waals surface area contributed by atoms with E-state index in [2.05, 4.69) is 20.1 Å². The number of nitrogens with zero attached hydrogens (tertiary/aromatic N) is 3. The lowest BCUT2D eigenvalue weighted by atomic mass is 10.2. The molecule has 8 nitrogen and oxygen atoms in total. The lowest BCUT2D eigenvalue weighted by Crippen LogP contribution is -2.23. The molecule has 0 unspecified atom stereocenters. The van der Waals surface area contributed by atoms with Crippen molar-refractivity contribution in [2.45, 2.75) is 11.4 Å².